The number of hydrogen-bond donors (Lipinski definition) is 0. The van der Waals surface area contributed by atoms with E-state index in [0.717, 1.165) is 0 Å². The van der Waals surface area contributed by atoms with Crippen LogP contribution in [0.4, 0.5) is 0 Å². The maximum absolute atomic E-state index is 6.26. The third-order valence-corrected chi connectivity index (χ3v) is 8.01. The van der Waals surface area contributed by atoms with Crippen LogP contribution in [0.2, 0.25) is 0 Å². The molecule has 100 valence electrons. The van der Waals surface area contributed by atoms with Gasteiger partial charge < -0.3 is 0 Å². The Morgan fingerprint density at radius 2 is 1.16 bits per heavy atom. The molecule has 0 fully saturated rings. The quantitative estimate of drug-likeness (QED) is 0.559. The highest BCUT2D eigenvalue weighted by Crippen LogP contribution is 2.50. The highest BCUT2D eigenvalue weighted by atomic mass is 35.5. The van der Waals surface area contributed by atoms with Crippen molar-refractivity contribution in [1.82, 2.24) is 0 Å². The minimum absolute atomic E-state index is 0.105. The van der Waals surface area contributed by atoms with Crippen molar-refractivity contribution in [3.05, 3.63) is 60.7 Å². The van der Waals surface area contributed by atoms with Crippen LogP contribution in [-0.2, 0) is 0 Å². The Bertz CT molecular complexity index is 459. The molecule has 0 heterocycles. The normalized spacial score (nSPS) is 15.6. The molecule has 0 amide bonds. The Morgan fingerprint density at radius 1 is 0.789 bits per heavy atom. The molecule has 0 aromatic heterocycles. The van der Waals surface area contributed by atoms with Crippen molar-refractivity contribution in [1.29, 1.82) is 0 Å². The first-order valence-electron chi connectivity index (χ1n) is 6.05. The van der Waals surface area contributed by atoms with Gasteiger partial charge in [0, 0.05) is 4.90 Å². The zero-order chi connectivity index (χ0) is 13.7. The molecule has 4 heteroatoms. The van der Waals surface area contributed by atoms with E-state index >= 15 is 0 Å². The molecule has 2 aromatic carbocycles. The van der Waals surface area contributed by atoms with Crippen molar-refractivity contribution in [2.75, 3.05) is 0 Å². The average molecular weight is 329 g/mol. The Morgan fingerprint density at radius 3 is 1.47 bits per heavy atom. The average Bonchev–Trinajstić information content (AvgIpc) is 2.40. The summed E-state index contributed by atoms with van der Waals surface area (Å²) in [6.07, 6.45) is 0. The number of hydrogen-bond acceptors (Lipinski definition) is 0. The molecule has 2 rings (SSSR count). The molecule has 0 saturated heterocycles. The molecule has 0 radical (unpaired) electrons. The molecule has 0 saturated carbocycles. The van der Waals surface area contributed by atoms with Crippen LogP contribution in [0.15, 0.2) is 60.7 Å². The van der Waals surface area contributed by atoms with Crippen LogP contribution in [0, 0.1) is 0 Å². The van der Waals surface area contributed by atoms with Crippen molar-refractivity contribution in [3.8, 4) is 0 Å². The molecule has 2 atom stereocenters. The summed E-state index contributed by atoms with van der Waals surface area (Å²) in [5.41, 5.74) is 0. The van der Waals surface area contributed by atoms with E-state index in [1.54, 1.807) is 0 Å². The van der Waals surface area contributed by atoms with Gasteiger partial charge in [-0.1, -0.05) is 77.8 Å². The predicted octanol–water partition coefficient (Wildman–Crippen LogP) is 4.51. The molecule has 0 N–H and O–H groups in total. The van der Waals surface area contributed by atoms with E-state index in [1.165, 1.54) is 10.6 Å². The topological polar surface area (TPSA) is 0 Å². The van der Waals surface area contributed by atoms with Crippen LogP contribution in [0.25, 0.3) is 0 Å². The molecule has 0 aliphatic rings. The SMILES string of the molecule is CC(Pc1ccccc1)(Pc1ccccc1)C(Cl)Cl. The minimum Gasteiger partial charge on any atom is -0.104 e. The number of halogens is 2. The van der Waals surface area contributed by atoms with E-state index in [4.69, 9.17) is 23.2 Å². The fourth-order valence-corrected chi connectivity index (χ4v) is 5.69. The molecule has 2 unspecified atom stereocenters. The van der Waals surface area contributed by atoms with Gasteiger partial charge in [-0.05, 0) is 17.5 Å². The van der Waals surface area contributed by atoms with Crippen molar-refractivity contribution in [3.63, 3.8) is 0 Å². The number of alkyl halides is 2. The zero-order valence-corrected chi connectivity index (χ0v) is 14.1. The van der Waals surface area contributed by atoms with Gasteiger partial charge in [0.2, 0.25) is 0 Å². The third kappa shape index (κ3) is 4.44. The lowest BCUT2D eigenvalue weighted by Crippen LogP contribution is -2.26. The van der Waals surface area contributed by atoms with Crippen molar-refractivity contribution in [2.24, 2.45) is 0 Å². The second-order valence-electron chi connectivity index (χ2n) is 4.49. The zero-order valence-electron chi connectivity index (χ0n) is 10.6. The number of benzene rings is 2. The standard InChI is InChI=1S/C15H16Cl2P2/c1-15(14(16)17,18-12-8-4-2-5-9-12)19-13-10-6-3-7-11-13/h2-11,14,18-19H,1H3. The predicted molar refractivity (Wildman–Crippen MR) is 92.7 cm³/mol. The summed E-state index contributed by atoms with van der Waals surface area (Å²) in [5, 5.41) is 2.61. The minimum atomic E-state index is -0.371. The molecule has 19 heavy (non-hydrogen) atoms. The molecular formula is C15H16Cl2P2. The summed E-state index contributed by atoms with van der Waals surface area (Å²) in [6, 6.07) is 20.9. The van der Waals surface area contributed by atoms with Gasteiger partial charge in [0.1, 0.15) is 4.84 Å². The van der Waals surface area contributed by atoms with Gasteiger partial charge in [-0.2, -0.15) is 0 Å². The van der Waals surface area contributed by atoms with Gasteiger partial charge in [-0.25, -0.2) is 0 Å². The Labute approximate surface area is 128 Å². The molecule has 0 aliphatic carbocycles. The summed E-state index contributed by atoms with van der Waals surface area (Å²) < 4.78 is 0. The first kappa shape index (κ1) is 15.3. The lowest BCUT2D eigenvalue weighted by Gasteiger charge is -2.31. The Kier molecular flexibility index (Phi) is 5.67. The van der Waals surface area contributed by atoms with Crippen LogP contribution < -0.4 is 10.6 Å². The molecular weight excluding hydrogens is 313 g/mol. The van der Waals surface area contributed by atoms with E-state index in [9.17, 15) is 0 Å². The van der Waals surface area contributed by atoms with Gasteiger partial charge >= 0.3 is 0 Å². The Hall–Kier alpha value is -0.120. The van der Waals surface area contributed by atoms with Crippen molar-refractivity contribution >= 4 is 51.0 Å². The molecule has 0 nitrogen and oxygen atoms in total. The summed E-state index contributed by atoms with van der Waals surface area (Å²) >= 11 is 12.5. The van der Waals surface area contributed by atoms with Crippen molar-refractivity contribution in [2.45, 2.75) is 16.7 Å². The number of rotatable bonds is 5. The lowest BCUT2D eigenvalue weighted by atomic mass is 10.4. The summed E-state index contributed by atoms with van der Waals surface area (Å²) in [7, 11) is 1.21. The highest BCUT2D eigenvalue weighted by molar-refractivity contribution is 7.67. The van der Waals surface area contributed by atoms with Gasteiger partial charge in [-0.15, -0.1) is 23.2 Å². The fourth-order valence-electron chi connectivity index (χ4n) is 1.78. The smallest absolute Gasteiger partial charge is 0.104 e. The van der Waals surface area contributed by atoms with Crippen LogP contribution in [0.3, 0.4) is 0 Å². The maximum Gasteiger partial charge on any atom is 0.121 e. The van der Waals surface area contributed by atoms with Gasteiger partial charge in [0.25, 0.3) is 0 Å². The van der Waals surface area contributed by atoms with E-state index in [-0.39, 0.29) is 9.73 Å². The third-order valence-electron chi connectivity index (χ3n) is 2.79. The largest absolute Gasteiger partial charge is 0.121 e. The maximum atomic E-state index is 6.26. The van der Waals surface area contributed by atoms with Gasteiger partial charge in [0.15, 0.2) is 0 Å². The Balaban J connectivity index is 2.18. The van der Waals surface area contributed by atoms with E-state index < -0.39 is 0 Å². The second-order valence-corrected chi connectivity index (χ2v) is 9.81. The van der Waals surface area contributed by atoms with Crippen LogP contribution in [0.5, 0.6) is 0 Å². The molecule has 0 aliphatic heterocycles. The van der Waals surface area contributed by atoms with E-state index in [2.05, 4.69) is 55.5 Å². The molecule has 2 aromatic rings. The lowest BCUT2D eigenvalue weighted by molar-refractivity contribution is 0.974. The van der Waals surface area contributed by atoms with Gasteiger partial charge in [-0.3, -0.25) is 0 Å². The fraction of sp³-hybridized carbons (Fsp3) is 0.200. The summed E-state index contributed by atoms with van der Waals surface area (Å²) in [5.74, 6) is 0. The summed E-state index contributed by atoms with van der Waals surface area (Å²) in [4.78, 5) is -0.476. The van der Waals surface area contributed by atoms with Crippen LogP contribution in [0.1, 0.15) is 6.92 Å². The first-order chi connectivity index (χ1) is 9.10. The monoisotopic (exact) mass is 328 g/mol. The van der Waals surface area contributed by atoms with E-state index in [1.807, 2.05) is 12.1 Å². The molecule has 0 spiro atoms. The van der Waals surface area contributed by atoms with Gasteiger partial charge in [0.05, 0.1) is 0 Å². The van der Waals surface area contributed by atoms with Crippen molar-refractivity contribution < 1.29 is 0 Å². The second kappa shape index (κ2) is 7.05. The molecule has 0 bridgehead atoms. The van der Waals surface area contributed by atoms with Crippen LogP contribution in [-0.4, -0.2) is 9.73 Å². The highest BCUT2D eigenvalue weighted by Gasteiger charge is 2.32. The first-order valence-corrected chi connectivity index (χ1v) is 8.92. The van der Waals surface area contributed by atoms with E-state index in [0.29, 0.717) is 17.2 Å². The van der Waals surface area contributed by atoms with Crippen LogP contribution >= 0.6 is 40.4 Å². The summed E-state index contributed by atoms with van der Waals surface area (Å²) in [6.45, 7) is 2.18.